The van der Waals surface area contributed by atoms with Crippen molar-refractivity contribution in [2.75, 3.05) is 7.05 Å². The molecule has 0 fully saturated rings. The van der Waals surface area contributed by atoms with Gasteiger partial charge in [0.1, 0.15) is 0 Å². The van der Waals surface area contributed by atoms with Gasteiger partial charge in [0, 0.05) is 24.0 Å². The Hall–Kier alpha value is -1.19. The number of nitrogens with zero attached hydrogens (tertiary/aromatic N) is 1. The highest BCUT2D eigenvalue weighted by Crippen LogP contribution is 2.18. The van der Waals surface area contributed by atoms with Crippen molar-refractivity contribution in [1.29, 1.82) is 0 Å². The zero-order valence-corrected chi connectivity index (χ0v) is 9.50. The third-order valence-electron chi connectivity index (χ3n) is 2.41. The summed E-state index contributed by atoms with van der Waals surface area (Å²) in [5.41, 5.74) is 1.32. The van der Waals surface area contributed by atoms with Crippen LogP contribution in [0.15, 0.2) is 41.9 Å². The van der Waals surface area contributed by atoms with Crippen LogP contribution in [-0.2, 0) is 6.42 Å². The molecule has 0 aliphatic carbocycles. The van der Waals surface area contributed by atoms with Gasteiger partial charge in [-0.3, -0.25) is 0 Å². The van der Waals surface area contributed by atoms with Crippen LogP contribution in [0.2, 0.25) is 0 Å². The lowest BCUT2D eigenvalue weighted by atomic mass is 10.0. The van der Waals surface area contributed by atoms with Crippen molar-refractivity contribution in [3.63, 3.8) is 0 Å². The third-order valence-corrected chi connectivity index (χ3v) is 3.21. The monoisotopic (exact) mass is 218 g/mol. The standard InChI is InChI=1S/C12H14N2S/c1-13-11(9-12-14-7-8-15-12)10-5-3-2-4-6-10/h2-8,11,13H,9H2,1H3. The SMILES string of the molecule is CNC(Cc1nccs1)c1ccccc1. The molecule has 0 saturated carbocycles. The first-order valence-corrected chi connectivity index (χ1v) is 5.88. The Kier molecular flexibility index (Phi) is 3.48. The number of hydrogen-bond donors (Lipinski definition) is 1. The first-order valence-electron chi connectivity index (χ1n) is 5.00. The molecule has 1 atom stereocenters. The number of benzene rings is 1. The van der Waals surface area contributed by atoms with Gasteiger partial charge >= 0.3 is 0 Å². The summed E-state index contributed by atoms with van der Waals surface area (Å²) >= 11 is 1.71. The molecule has 0 bridgehead atoms. The van der Waals surface area contributed by atoms with Crippen LogP contribution in [-0.4, -0.2) is 12.0 Å². The molecule has 1 heterocycles. The van der Waals surface area contributed by atoms with E-state index in [0.717, 1.165) is 6.42 Å². The molecule has 0 spiro atoms. The molecular weight excluding hydrogens is 204 g/mol. The van der Waals surface area contributed by atoms with Crippen LogP contribution < -0.4 is 5.32 Å². The average Bonchev–Trinajstić information content (AvgIpc) is 2.80. The van der Waals surface area contributed by atoms with Crippen LogP contribution >= 0.6 is 11.3 Å². The molecule has 1 aromatic heterocycles. The molecule has 0 amide bonds. The molecule has 78 valence electrons. The van der Waals surface area contributed by atoms with Gasteiger partial charge < -0.3 is 5.32 Å². The van der Waals surface area contributed by atoms with E-state index >= 15 is 0 Å². The van der Waals surface area contributed by atoms with Gasteiger partial charge in [0.2, 0.25) is 0 Å². The van der Waals surface area contributed by atoms with E-state index < -0.39 is 0 Å². The smallest absolute Gasteiger partial charge is 0.0943 e. The summed E-state index contributed by atoms with van der Waals surface area (Å²) in [6.07, 6.45) is 2.82. The highest BCUT2D eigenvalue weighted by atomic mass is 32.1. The fourth-order valence-corrected chi connectivity index (χ4v) is 2.26. The summed E-state index contributed by atoms with van der Waals surface area (Å²) < 4.78 is 0. The van der Waals surface area contributed by atoms with E-state index in [9.17, 15) is 0 Å². The van der Waals surface area contributed by atoms with Crippen molar-refractivity contribution in [2.45, 2.75) is 12.5 Å². The first-order chi connectivity index (χ1) is 7.40. The molecule has 1 aromatic carbocycles. The predicted molar refractivity (Wildman–Crippen MR) is 64.1 cm³/mol. The summed E-state index contributed by atoms with van der Waals surface area (Å²) in [4.78, 5) is 4.31. The quantitative estimate of drug-likeness (QED) is 0.853. The Morgan fingerprint density at radius 1 is 1.33 bits per heavy atom. The lowest BCUT2D eigenvalue weighted by Crippen LogP contribution is -2.18. The molecule has 2 rings (SSSR count). The Morgan fingerprint density at radius 2 is 2.13 bits per heavy atom. The van der Waals surface area contributed by atoms with Gasteiger partial charge in [-0.25, -0.2) is 4.98 Å². The van der Waals surface area contributed by atoms with E-state index in [4.69, 9.17) is 0 Å². The highest BCUT2D eigenvalue weighted by molar-refractivity contribution is 7.09. The fourth-order valence-electron chi connectivity index (χ4n) is 1.60. The van der Waals surface area contributed by atoms with Crippen LogP contribution in [0.25, 0.3) is 0 Å². The van der Waals surface area contributed by atoms with Gasteiger partial charge in [0.15, 0.2) is 0 Å². The lowest BCUT2D eigenvalue weighted by Gasteiger charge is -2.14. The molecule has 1 unspecified atom stereocenters. The zero-order chi connectivity index (χ0) is 10.5. The van der Waals surface area contributed by atoms with Crippen LogP contribution in [0.3, 0.4) is 0 Å². The average molecular weight is 218 g/mol. The summed E-state index contributed by atoms with van der Waals surface area (Å²) in [6, 6.07) is 10.8. The minimum atomic E-state index is 0.359. The number of hydrogen-bond acceptors (Lipinski definition) is 3. The van der Waals surface area contributed by atoms with E-state index in [0.29, 0.717) is 6.04 Å². The molecular formula is C12H14N2S. The fraction of sp³-hybridized carbons (Fsp3) is 0.250. The molecule has 0 saturated heterocycles. The van der Waals surface area contributed by atoms with Gasteiger partial charge in [-0.15, -0.1) is 11.3 Å². The number of aromatic nitrogens is 1. The zero-order valence-electron chi connectivity index (χ0n) is 8.68. The molecule has 0 radical (unpaired) electrons. The van der Waals surface area contributed by atoms with Gasteiger partial charge in [-0.2, -0.15) is 0 Å². The van der Waals surface area contributed by atoms with Gasteiger partial charge in [-0.1, -0.05) is 30.3 Å². The second kappa shape index (κ2) is 5.05. The number of rotatable bonds is 4. The maximum Gasteiger partial charge on any atom is 0.0943 e. The Labute approximate surface area is 94.0 Å². The van der Waals surface area contributed by atoms with Gasteiger partial charge in [-0.05, 0) is 12.6 Å². The molecule has 0 aliphatic rings. The number of nitrogens with one attached hydrogen (secondary N) is 1. The van der Waals surface area contributed by atoms with Crippen LogP contribution in [0.5, 0.6) is 0 Å². The highest BCUT2D eigenvalue weighted by Gasteiger charge is 2.10. The van der Waals surface area contributed by atoms with Crippen molar-refractivity contribution in [3.05, 3.63) is 52.5 Å². The second-order valence-electron chi connectivity index (χ2n) is 3.38. The molecule has 2 nitrogen and oxygen atoms in total. The topological polar surface area (TPSA) is 24.9 Å². The molecule has 15 heavy (non-hydrogen) atoms. The van der Waals surface area contributed by atoms with E-state index in [1.165, 1.54) is 10.6 Å². The number of thiazole rings is 1. The van der Waals surface area contributed by atoms with Crippen molar-refractivity contribution in [3.8, 4) is 0 Å². The van der Waals surface area contributed by atoms with E-state index in [-0.39, 0.29) is 0 Å². The lowest BCUT2D eigenvalue weighted by molar-refractivity contribution is 0.590. The van der Waals surface area contributed by atoms with Crippen molar-refractivity contribution >= 4 is 11.3 Å². The van der Waals surface area contributed by atoms with Crippen molar-refractivity contribution < 1.29 is 0 Å². The van der Waals surface area contributed by atoms with E-state index in [1.54, 1.807) is 11.3 Å². The van der Waals surface area contributed by atoms with Gasteiger partial charge in [0.05, 0.1) is 5.01 Å². The maximum atomic E-state index is 4.31. The Morgan fingerprint density at radius 3 is 2.73 bits per heavy atom. The minimum Gasteiger partial charge on any atom is -0.313 e. The summed E-state index contributed by atoms with van der Waals surface area (Å²) in [6.45, 7) is 0. The van der Waals surface area contributed by atoms with Crippen molar-refractivity contribution in [2.24, 2.45) is 0 Å². The third kappa shape index (κ3) is 2.64. The summed E-state index contributed by atoms with van der Waals surface area (Å²) in [5.74, 6) is 0. The summed E-state index contributed by atoms with van der Waals surface area (Å²) in [7, 11) is 1.99. The largest absolute Gasteiger partial charge is 0.313 e. The van der Waals surface area contributed by atoms with Crippen LogP contribution in [0, 0.1) is 0 Å². The first kappa shape index (κ1) is 10.3. The minimum absolute atomic E-state index is 0.359. The van der Waals surface area contributed by atoms with E-state index in [1.807, 2.05) is 24.7 Å². The normalized spacial score (nSPS) is 12.6. The molecule has 0 aliphatic heterocycles. The molecule has 1 N–H and O–H groups in total. The van der Waals surface area contributed by atoms with Crippen LogP contribution in [0.1, 0.15) is 16.6 Å². The maximum absolute atomic E-state index is 4.31. The Balaban J connectivity index is 2.12. The van der Waals surface area contributed by atoms with Gasteiger partial charge in [0.25, 0.3) is 0 Å². The summed E-state index contributed by atoms with van der Waals surface area (Å²) in [5, 5.41) is 6.52. The molecule has 3 heteroatoms. The second-order valence-corrected chi connectivity index (χ2v) is 4.36. The predicted octanol–water partition coefficient (Wildman–Crippen LogP) is 2.65. The van der Waals surface area contributed by atoms with Crippen LogP contribution in [0.4, 0.5) is 0 Å². The Bertz CT molecular complexity index is 383. The molecule has 2 aromatic rings. The van der Waals surface area contributed by atoms with Crippen molar-refractivity contribution in [1.82, 2.24) is 10.3 Å². The number of likely N-dealkylation sites (N-methyl/N-ethyl adjacent to an activating group) is 1. The van der Waals surface area contributed by atoms with E-state index in [2.05, 4.69) is 34.6 Å².